The summed E-state index contributed by atoms with van der Waals surface area (Å²) in [6.45, 7) is 6.27. The molecular formula is C24H30O6. The summed E-state index contributed by atoms with van der Waals surface area (Å²) in [7, 11) is 0. The Morgan fingerprint density at radius 2 is 1.17 bits per heavy atom. The molecule has 1 aromatic rings. The monoisotopic (exact) mass is 414 g/mol. The average molecular weight is 414 g/mol. The fourth-order valence-electron chi connectivity index (χ4n) is 3.76. The molecule has 1 aromatic carbocycles. The maximum Gasteiger partial charge on any atom is 0.338 e. The SMILES string of the molecule is CCOC(=O)C1=C2CCCOCc3ccc(cc3)COCCCC1=C2C(=O)OCC. The zero-order chi connectivity index (χ0) is 21.3. The minimum absolute atomic E-state index is 0.293. The number of ether oxygens (including phenoxy) is 4. The minimum atomic E-state index is -0.368. The second-order valence-corrected chi connectivity index (χ2v) is 7.28. The van der Waals surface area contributed by atoms with Gasteiger partial charge in [0.05, 0.1) is 37.6 Å². The number of rotatable bonds is 4. The van der Waals surface area contributed by atoms with Crippen LogP contribution in [0.5, 0.6) is 0 Å². The summed E-state index contributed by atoms with van der Waals surface area (Å²) in [5, 5.41) is 0. The molecule has 0 atom stereocenters. The van der Waals surface area contributed by atoms with Gasteiger partial charge in [0.15, 0.2) is 0 Å². The molecule has 0 amide bonds. The Kier molecular flexibility index (Phi) is 8.22. The standard InChI is InChI=1S/C24H30O6/c1-3-29-23(25)21-19-7-5-13-27-15-17-9-11-18(12-10-17)16-28-14-6-8-20(21)22(19)24(26)30-4-2/h9-12H,3-8,13-16H2,1-2H3. The lowest BCUT2D eigenvalue weighted by Gasteiger charge is -2.29. The van der Waals surface area contributed by atoms with Gasteiger partial charge in [0.1, 0.15) is 0 Å². The summed E-state index contributed by atoms with van der Waals surface area (Å²) < 4.78 is 22.1. The summed E-state index contributed by atoms with van der Waals surface area (Å²) >= 11 is 0. The third kappa shape index (κ3) is 5.37. The van der Waals surface area contributed by atoms with Gasteiger partial charge in [-0.15, -0.1) is 0 Å². The lowest BCUT2D eigenvalue weighted by Crippen LogP contribution is -2.27. The van der Waals surface area contributed by atoms with E-state index in [1.807, 2.05) is 0 Å². The maximum atomic E-state index is 12.6. The van der Waals surface area contributed by atoms with Crippen LogP contribution in [0.25, 0.3) is 0 Å². The minimum Gasteiger partial charge on any atom is -0.462 e. The largest absolute Gasteiger partial charge is 0.462 e. The quantitative estimate of drug-likeness (QED) is 0.693. The zero-order valence-electron chi connectivity index (χ0n) is 17.8. The van der Waals surface area contributed by atoms with Crippen LogP contribution in [-0.2, 0) is 41.8 Å². The highest BCUT2D eigenvalue weighted by Crippen LogP contribution is 2.42. The van der Waals surface area contributed by atoms with E-state index in [-0.39, 0.29) is 11.9 Å². The van der Waals surface area contributed by atoms with Gasteiger partial charge in [0.2, 0.25) is 0 Å². The maximum absolute atomic E-state index is 12.6. The van der Waals surface area contributed by atoms with Gasteiger partial charge in [-0.3, -0.25) is 0 Å². The summed E-state index contributed by atoms with van der Waals surface area (Å²) in [6.07, 6.45) is 2.55. The van der Waals surface area contributed by atoms with E-state index in [2.05, 4.69) is 24.3 Å². The van der Waals surface area contributed by atoms with Gasteiger partial charge in [0.25, 0.3) is 0 Å². The fraction of sp³-hybridized carbons (Fsp3) is 0.500. The molecule has 162 valence electrons. The molecule has 0 spiro atoms. The first-order valence-electron chi connectivity index (χ1n) is 10.7. The molecule has 6 nitrogen and oxygen atoms in total. The van der Waals surface area contributed by atoms with Crippen molar-refractivity contribution >= 4 is 11.9 Å². The third-order valence-electron chi connectivity index (χ3n) is 5.16. The van der Waals surface area contributed by atoms with Crippen molar-refractivity contribution in [3.8, 4) is 0 Å². The van der Waals surface area contributed by atoms with Gasteiger partial charge in [-0.2, -0.15) is 0 Å². The van der Waals surface area contributed by atoms with E-state index in [0.29, 0.717) is 76.5 Å². The highest BCUT2D eigenvalue weighted by Gasteiger charge is 2.38. The highest BCUT2D eigenvalue weighted by molar-refractivity contribution is 6.09. The molecule has 0 N–H and O–H groups in total. The van der Waals surface area contributed by atoms with Crippen molar-refractivity contribution in [3.63, 3.8) is 0 Å². The summed E-state index contributed by atoms with van der Waals surface area (Å²) in [5.74, 6) is -0.735. The molecule has 0 radical (unpaired) electrons. The van der Waals surface area contributed by atoms with E-state index < -0.39 is 0 Å². The number of esters is 2. The van der Waals surface area contributed by atoms with Crippen molar-refractivity contribution in [2.24, 2.45) is 0 Å². The Morgan fingerprint density at radius 3 is 1.53 bits per heavy atom. The number of benzene rings is 1. The normalized spacial score (nSPS) is 17.9. The highest BCUT2D eigenvalue weighted by atomic mass is 16.5. The number of hydrogen-bond acceptors (Lipinski definition) is 6. The van der Waals surface area contributed by atoms with Crippen LogP contribution in [0.2, 0.25) is 0 Å². The summed E-state index contributed by atoms with van der Waals surface area (Å²) in [5.41, 5.74) is 4.76. The molecule has 5 aliphatic rings. The fourth-order valence-corrected chi connectivity index (χ4v) is 3.76. The van der Waals surface area contributed by atoms with Gasteiger partial charge < -0.3 is 18.9 Å². The Labute approximate surface area is 177 Å². The molecule has 4 heterocycles. The lowest BCUT2D eigenvalue weighted by atomic mass is 9.76. The Hall–Kier alpha value is -2.44. The summed E-state index contributed by atoms with van der Waals surface area (Å²) in [6, 6.07) is 8.21. The second kappa shape index (κ2) is 11.1. The van der Waals surface area contributed by atoms with Crippen LogP contribution in [-0.4, -0.2) is 38.4 Å². The van der Waals surface area contributed by atoms with E-state index in [9.17, 15) is 9.59 Å². The van der Waals surface area contributed by atoms with Crippen molar-refractivity contribution in [2.75, 3.05) is 26.4 Å². The van der Waals surface area contributed by atoms with Crippen LogP contribution in [0.3, 0.4) is 0 Å². The van der Waals surface area contributed by atoms with Crippen molar-refractivity contribution in [3.05, 3.63) is 57.7 Å². The van der Waals surface area contributed by atoms with E-state index in [1.165, 1.54) is 0 Å². The number of carbonyl (C=O) groups excluding carboxylic acids is 2. The zero-order valence-corrected chi connectivity index (χ0v) is 17.8. The van der Waals surface area contributed by atoms with Crippen LogP contribution in [0.4, 0.5) is 0 Å². The van der Waals surface area contributed by atoms with Crippen LogP contribution >= 0.6 is 0 Å². The van der Waals surface area contributed by atoms with E-state index in [1.54, 1.807) is 13.8 Å². The molecule has 1 aliphatic carbocycles. The predicted octanol–water partition coefficient (Wildman–Crippen LogP) is 4.03. The first-order valence-corrected chi connectivity index (χ1v) is 10.7. The molecule has 0 unspecified atom stereocenters. The molecule has 0 saturated heterocycles. The van der Waals surface area contributed by atoms with E-state index in [4.69, 9.17) is 18.9 Å². The van der Waals surface area contributed by atoms with Gasteiger partial charge in [-0.25, -0.2) is 9.59 Å². The van der Waals surface area contributed by atoms with Crippen LogP contribution in [0, 0.1) is 0 Å². The average Bonchev–Trinajstić information content (AvgIpc) is 2.72. The van der Waals surface area contributed by atoms with Crippen LogP contribution in [0.15, 0.2) is 46.6 Å². The first kappa shape index (κ1) is 22.2. The Balaban J connectivity index is 1.80. The van der Waals surface area contributed by atoms with Gasteiger partial charge in [0, 0.05) is 13.2 Å². The Bertz CT molecular complexity index is 739. The van der Waals surface area contributed by atoms with Crippen molar-refractivity contribution in [1.29, 1.82) is 0 Å². The third-order valence-corrected chi connectivity index (χ3v) is 5.16. The van der Waals surface area contributed by atoms with Crippen LogP contribution < -0.4 is 0 Å². The summed E-state index contributed by atoms with van der Waals surface area (Å²) in [4.78, 5) is 25.2. The molecule has 6 rings (SSSR count). The predicted molar refractivity (Wildman–Crippen MR) is 112 cm³/mol. The lowest BCUT2D eigenvalue weighted by molar-refractivity contribution is -0.139. The molecule has 4 bridgehead atoms. The van der Waals surface area contributed by atoms with Crippen molar-refractivity contribution in [2.45, 2.75) is 52.7 Å². The van der Waals surface area contributed by atoms with Gasteiger partial charge in [-0.05, 0) is 61.8 Å². The number of hydrogen-bond donors (Lipinski definition) is 0. The first-order chi connectivity index (χ1) is 14.7. The molecule has 0 saturated carbocycles. The van der Waals surface area contributed by atoms with E-state index >= 15 is 0 Å². The molecular weight excluding hydrogens is 384 g/mol. The van der Waals surface area contributed by atoms with Crippen LogP contribution in [0.1, 0.15) is 50.7 Å². The van der Waals surface area contributed by atoms with Gasteiger partial charge in [-0.1, -0.05) is 24.3 Å². The topological polar surface area (TPSA) is 71.1 Å². The van der Waals surface area contributed by atoms with Gasteiger partial charge >= 0.3 is 11.9 Å². The molecule has 0 aromatic heterocycles. The molecule has 6 heteroatoms. The number of carbonyl (C=O) groups is 2. The second-order valence-electron chi connectivity index (χ2n) is 7.28. The molecule has 30 heavy (non-hydrogen) atoms. The van der Waals surface area contributed by atoms with Crippen molar-refractivity contribution in [1.82, 2.24) is 0 Å². The van der Waals surface area contributed by atoms with E-state index in [0.717, 1.165) is 22.3 Å². The molecule has 4 aliphatic heterocycles. The Morgan fingerprint density at radius 1 is 0.767 bits per heavy atom. The molecule has 0 fully saturated rings. The van der Waals surface area contributed by atoms with Crippen molar-refractivity contribution < 1.29 is 28.5 Å². The smallest absolute Gasteiger partial charge is 0.338 e.